The Morgan fingerprint density at radius 2 is 1.48 bits per heavy atom. The average Bonchev–Trinajstić information content (AvgIpc) is 2.70. The predicted octanol–water partition coefficient (Wildman–Crippen LogP) is 6.29. The van der Waals surface area contributed by atoms with Gasteiger partial charge in [0.15, 0.2) is 0 Å². The molecule has 2 unspecified atom stereocenters. The Labute approximate surface area is 167 Å². The first-order valence-corrected chi connectivity index (χ1v) is 12.0. The van der Waals surface area contributed by atoms with E-state index in [0.29, 0.717) is 6.10 Å². The highest BCUT2D eigenvalue weighted by molar-refractivity contribution is 5.73. The third-order valence-corrected chi connectivity index (χ3v) is 7.67. The van der Waals surface area contributed by atoms with Gasteiger partial charge in [0, 0.05) is 6.61 Å². The molecule has 3 rings (SSSR count). The number of hydrogen-bond donors (Lipinski definition) is 0. The van der Waals surface area contributed by atoms with Crippen LogP contribution in [-0.2, 0) is 14.3 Å². The molecule has 1 aliphatic heterocycles. The predicted molar refractivity (Wildman–Crippen MR) is 110 cm³/mol. The summed E-state index contributed by atoms with van der Waals surface area (Å²) in [5.74, 6) is 3.05. The van der Waals surface area contributed by atoms with Gasteiger partial charge in [-0.05, 0) is 95.3 Å². The Morgan fingerprint density at radius 1 is 0.815 bits per heavy atom. The van der Waals surface area contributed by atoms with Gasteiger partial charge in [-0.1, -0.05) is 26.2 Å². The molecular formula is C24H42O3. The van der Waals surface area contributed by atoms with Crippen LogP contribution in [0, 0.1) is 23.7 Å². The summed E-state index contributed by atoms with van der Waals surface area (Å²) in [6.45, 7) is 5.14. The van der Waals surface area contributed by atoms with E-state index in [-0.39, 0.29) is 18.0 Å². The molecule has 0 spiro atoms. The third-order valence-electron chi connectivity index (χ3n) is 7.67. The molecule has 3 heteroatoms. The molecule has 2 aliphatic carbocycles. The molecule has 0 aromatic rings. The molecule has 3 nitrogen and oxygen atoms in total. The second-order valence-electron chi connectivity index (χ2n) is 9.47. The topological polar surface area (TPSA) is 35.5 Å². The second kappa shape index (κ2) is 10.8. The van der Waals surface area contributed by atoms with Gasteiger partial charge >= 0.3 is 5.97 Å². The lowest BCUT2D eigenvalue weighted by Crippen LogP contribution is -2.32. The highest BCUT2D eigenvalue weighted by Gasteiger charge is 2.32. The van der Waals surface area contributed by atoms with Crippen LogP contribution in [-0.4, -0.2) is 24.8 Å². The zero-order valence-corrected chi connectivity index (χ0v) is 17.8. The standard InChI is InChI=1S/C24H42O3/c1-3-5-21-13-17-23(27-24(21)25)14-8-18-6-9-19(10-7-18)20-11-15-22(16-12-20)26-4-2/h18-23H,3-17H2,1-2H3. The van der Waals surface area contributed by atoms with Crippen LogP contribution in [0.25, 0.3) is 0 Å². The second-order valence-corrected chi connectivity index (χ2v) is 9.47. The Kier molecular flexibility index (Phi) is 8.48. The van der Waals surface area contributed by atoms with Crippen LogP contribution >= 0.6 is 0 Å². The first kappa shape index (κ1) is 21.1. The minimum Gasteiger partial charge on any atom is -0.462 e. The number of cyclic esters (lactones) is 1. The molecule has 2 saturated carbocycles. The lowest BCUT2D eigenvalue weighted by Gasteiger charge is -2.38. The molecule has 0 aromatic heterocycles. The number of rotatable bonds is 8. The summed E-state index contributed by atoms with van der Waals surface area (Å²) >= 11 is 0. The van der Waals surface area contributed by atoms with Gasteiger partial charge in [0.05, 0.1) is 12.0 Å². The molecule has 0 aromatic carbocycles. The van der Waals surface area contributed by atoms with Crippen molar-refractivity contribution in [3.8, 4) is 0 Å². The van der Waals surface area contributed by atoms with Crippen molar-refractivity contribution < 1.29 is 14.3 Å². The number of carbonyl (C=O) groups is 1. The molecule has 0 bridgehead atoms. The van der Waals surface area contributed by atoms with Crippen molar-refractivity contribution >= 4 is 5.97 Å². The molecule has 0 amide bonds. The zero-order chi connectivity index (χ0) is 19.1. The van der Waals surface area contributed by atoms with E-state index in [1.54, 1.807) is 0 Å². The fourth-order valence-corrected chi connectivity index (χ4v) is 5.97. The van der Waals surface area contributed by atoms with Crippen molar-refractivity contribution in [1.82, 2.24) is 0 Å². The Bertz CT molecular complexity index is 433. The highest BCUT2D eigenvalue weighted by atomic mass is 16.5. The van der Waals surface area contributed by atoms with Crippen LogP contribution in [0.1, 0.15) is 104 Å². The summed E-state index contributed by atoms with van der Waals surface area (Å²) in [6.07, 6.45) is 18.3. The van der Waals surface area contributed by atoms with Crippen LogP contribution in [0.5, 0.6) is 0 Å². The van der Waals surface area contributed by atoms with Gasteiger partial charge in [-0.15, -0.1) is 0 Å². The van der Waals surface area contributed by atoms with Gasteiger partial charge in [-0.25, -0.2) is 0 Å². The van der Waals surface area contributed by atoms with Crippen LogP contribution in [0.4, 0.5) is 0 Å². The number of carbonyl (C=O) groups excluding carboxylic acids is 1. The van der Waals surface area contributed by atoms with E-state index < -0.39 is 0 Å². The summed E-state index contributed by atoms with van der Waals surface area (Å²) in [5, 5.41) is 0. The van der Waals surface area contributed by atoms with Crippen molar-refractivity contribution in [3.05, 3.63) is 0 Å². The van der Waals surface area contributed by atoms with Crippen molar-refractivity contribution in [3.63, 3.8) is 0 Å². The smallest absolute Gasteiger partial charge is 0.309 e. The normalized spacial score (nSPS) is 37.8. The van der Waals surface area contributed by atoms with E-state index >= 15 is 0 Å². The van der Waals surface area contributed by atoms with Gasteiger partial charge in [0.25, 0.3) is 0 Å². The Balaban J connectivity index is 1.31. The van der Waals surface area contributed by atoms with Gasteiger partial charge in [-0.3, -0.25) is 4.79 Å². The lowest BCUT2D eigenvalue weighted by atomic mass is 9.70. The number of hydrogen-bond acceptors (Lipinski definition) is 3. The van der Waals surface area contributed by atoms with Crippen molar-refractivity contribution in [2.45, 2.75) is 116 Å². The number of esters is 1. The third kappa shape index (κ3) is 6.21. The van der Waals surface area contributed by atoms with E-state index in [4.69, 9.17) is 9.47 Å². The van der Waals surface area contributed by atoms with E-state index in [2.05, 4.69) is 13.8 Å². The van der Waals surface area contributed by atoms with E-state index in [9.17, 15) is 4.79 Å². The Morgan fingerprint density at radius 3 is 2.07 bits per heavy atom. The lowest BCUT2D eigenvalue weighted by molar-refractivity contribution is -0.161. The van der Waals surface area contributed by atoms with Gasteiger partial charge in [0.2, 0.25) is 0 Å². The van der Waals surface area contributed by atoms with Crippen molar-refractivity contribution in [2.24, 2.45) is 23.7 Å². The first-order valence-electron chi connectivity index (χ1n) is 12.0. The van der Waals surface area contributed by atoms with Crippen molar-refractivity contribution in [2.75, 3.05) is 6.61 Å². The van der Waals surface area contributed by atoms with Crippen LogP contribution in [0.15, 0.2) is 0 Å². The monoisotopic (exact) mass is 378 g/mol. The summed E-state index contributed by atoms with van der Waals surface area (Å²) in [4.78, 5) is 12.1. The molecule has 3 fully saturated rings. The fourth-order valence-electron chi connectivity index (χ4n) is 5.97. The van der Waals surface area contributed by atoms with Crippen LogP contribution < -0.4 is 0 Å². The summed E-state index contributed by atoms with van der Waals surface area (Å²) < 4.78 is 11.6. The van der Waals surface area contributed by atoms with Gasteiger partial charge in [0.1, 0.15) is 6.10 Å². The molecule has 27 heavy (non-hydrogen) atoms. The van der Waals surface area contributed by atoms with Crippen molar-refractivity contribution in [1.29, 1.82) is 0 Å². The minimum atomic E-state index is 0.0828. The Hall–Kier alpha value is -0.570. The fraction of sp³-hybridized carbons (Fsp3) is 0.958. The van der Waals surface area contributed by atoms with Gasteiger partial charge in [-0.2, -0.15) is 0 Å². The molecule has 1 heterocycles. The molecule has 1 saturated heterocycles. The van der Waals surface area contributed by atoms with Crippen LogP contribution in [0.2, 0.25) is 0 Å². The summed E-state index contributed by atoms with van der Waals surface area (Å²) in [6, 6.07) is 0. The average molecular weight is 379 g/mol. The molecule has 156 valence electrons. The minimum absolute atomic E-state index is 0.0828. The maximum absolute atomic E-state index is 12.1. The zero-order valence-electron chi connectivity index (χ0n) is 17.8. The maximum atomic E-state index is 12.1. The van der Waals surface area contributed by atoms with E-state index in [0.717, 1.165) is 56.5 Å². The first-order chi connectivity index (χ1) is 13.2. The summed E-state index contributed by atoms with van der Waals surface area (Å²) in [5.41, 5.74) is 0. The maximum Gasteiger partial charge on any atom is 0.309 e. The van der Waals surface area contributed by atoms with Crippen LogP contribution in [0.3, 0.4) is 0 Å². The summed E-state index contributed by atoms with van der Waals surface area (Å²) in [7, 11) is 0. The largest absolute Gasteiger partial charge is 0.462 e. The van der Waals surface area contributed by atoms with Gasteiger partial charge < -0.3 is 9.47 Å². The van der Waals surface area contributed by atoms with E-state index in [1.165, 1.54) is 57.8 Å². The molecule has 0 N–H and O–H groups in total. The SMILES string of the molecule is CCCC1CCC(CCC2CCC(C3CCC(OCC)CC3)CC2)OC1=O. The molecule has 0 radical (unpaired) electrons. The highest BCUT2D eigenvalue weighted by Crippen LogP contribution is 2.42. The molecule has 2 atom stereocenters. The number of ether oxygens (including phenoxy) is 2. The van der Waals surface area contributed by atoms with E-state index in [1.807, 2.05) is 0 Å². The molecular weight excluding hydrogens is 336 g/mol. The quantitative estimate of drug-likeness (QED) is 0.466. The molecule has 3 aliphatic rings.